The van der Waals surface area contributed by atoms with E-state index < -0.39 is 23.8 Å². The van der Waals surface area contributed by atoms with E-state index in [0.29, 0.717) is 16.8 Å². The standard InChI is InChI=1S/C22H22N2O5/c1-12-6-8-16(9-7-12)10-17(11-23)21(26)29-15(4)20(25)19-13(2)18(14(3)24-19)22(27)28-5/h6-10,15,24H,1-5H3/b17-10+/t15-/m0/s1. The molecule has 0 fully saturated rings. The number of benzene rings is 1. The number of nitriles is 1. The predicted molar refractivity (Wildman–Crippen MR) is 106 cm³/mol. The smallest absolute Gasteiger partial charge is 0.349 e. The van der Waals surface area contributed by atoms with Crippen LogP contribution in [0.25, 0.3) is 6.08 Å². The number of methoxy groups -OCH3 is 1. The highest BCUT2D eigenvalue weighted by Gasteiger charge is 2.28. The minimum Gasteiger partial charge on any atom is -0.465 e. The maximum absolute atomic E-state index is 12.7. The molecule has 2 aromatic rings. The van der Waals surface area contributed by atoms with Crippen LogP contribution in [0.5, 0.6) is 0 Å². The molecule has 0 bridgehead atoms. The molecule has 7 nitrogen and oxygen atoms in total. The SMILES string of the molecule is COC(=O)c1c(C)[nH]c(C(=O)[C@H](C)OC(=O)/C(C#N)=C/c2ccc(C)cc2)c1C. The molecule has 1 atom stereocenters. The van der Waals surface area contributed by atoms with Crippen molar-refractivity contribution < 1.29 is 23.9 Å². The maximum atomic E-state index is 12.7. The monoisotopic (exact) mass is 394 g/mol. The number of nitrogens with one attached hydrogen (secondary N) is 1. The van der Waals surface area contributed by atoms with E-state index in [4.69, 9.17) is 9.47 Å². The summed E-state index contributed by atoms with van der Waals surface area (Å²) in [6.45, 7) is 6.59. The van der Waals surface area contributed by atoms with Crippen LogP contribution >= 0.6 is 0 Å². The minimum absolute atomic E-state index is 0.157. The van der Waals surface area contributed by atoms with Crippen molar-refractivity contribution >= 4 is 23.8 Å². The number of hydrogen-bond acceptors (Lipinski definition) is 6. The summed E-state index contributed by atoms with van der Waals surface area (Å²) in [5.74, 6) is -1.97. The van der Waals surface area contributed by atoms with Gasteiger partial charge in [0.15, 0.2) is 6.10 Å². The number of carbonyl (C=O) groups excluding carboxylic acids is 3. The molecule has 29 heavy (non-hydrogen) atoms. The first kappa shape index (κ1) is 21.6. The van der Waals surface area contributed by atoms with Gasteiger partial charge in [0.1, 0.15) is 11.6 Å². The average molecular weight is 394 g/mol. The second kappa shape index (κ2) is 9.02. The van der Waals surface area contributed by atoms with Gasteiger partial charge in [0.05, 0.1) is 18.4 Å². The number of carbonyl (C=O) groups is 3. The lowest BCUT2D eigenvalue weighted by atomic mass is 10.1. The molecular formula is C22H22N2O5. The van der Waals surface area contributed by atoms with Gasteiger partial charge in [-0.25, -0.2) is 9.59 Å². The Labute approximate surface area is 168 Å². The Balaban J connectivity index is 2.20. The molecule has 0 saturated heterocycles. The van der Waals surface area contributed by atoms with Crippen LogP contribution in [0.1, 0.15) is 50.2 Å². The molecule has 0 amide bonds. The van der Waals surface area contributed by atoms with Gasteiger partial charge in [0, 0.05) is 5.69 Å². The first-order valence-corrected chi connectivity index (χ1v) is 8.90. The van der Waals surface area contributed by atoms with Crippen molar-refractivity contribution in [2.75, 3.05) is 7.11 Å². The highest BCUT2D eigenvalue weighted by atomic mass is 16.5. The molecule has 1 heterocycles. The van der Waals surface area contributed by atoms with E-state index in [9.17, 15) is 19.6 Å². The van der Waals surface area contributed by atoms with E-state index in [0.717, 1.165) is 5.56 Å². The molecule has 1 aromatic heterocycles. The Bertz CT molecular complexity index is 1020. The molecule has 0 aliphatic rings. The Morgan fingerprint density at radius 1 is 1.14 bits per heavy atom. The van der Waals surface area contributed by atoms with E-state index in [2.05, 4.69) is 4.98 Å². The molecule has 0 aliphatic carbocycles. The van der Waals surface area contributed by atoms with Crippen LogP contribution in [-0.2, 0) is 14.3 Å². The zero-order valence-electron chi connectivity index (χ0n) is 17.0. The summed E-state index contributed by atoms with van der Waals surface area (Å²) in [6.07, 6.45) is 0.248. The number of aryl methyl sites for hydroxylation is 2. The second-order valence-electron chi connectivity index (χ2n) is 6.61. The fourth-order valence-corrected chi connectivity index (χ4v) is 2.85. The Hall–Kier alpha value is -3.66. The minimum atomic E-state index is -1.15. The number of nitrogens with zero attached hydrogens (tertiary/aromatic N) is 1. The van der Waals surface area contributed by atoms with Crippen molar-refractivity contribution in [1.29, 1.82) is 5.26 Å². The van der Waals surface area contributed by atoms with Gasteiger partial charge in [-0.3, -0.25) is 4.79 Å². The number of hydrogen-bond donors (Lipinski definition) is 1. The van der Waals surface area contributed by atoms with Crippen LogP contribution in [0.15, 0.2) is 29.8 Å². The second-order valence-corrected chi connectivity index (χ2v) is 6.61. The molecule has 0 radical (unpaired) electrons. The predicted octanol–water partition coefficient (Wildman–Crippen LogP) is 3.45. The summed E-state index contributed by atoms with van der Waals surface area (Å²) in [5.41, 5.74) is 2.82. The number of H-pyrrole nitrogens is 1. The first-order chi connectivity index (χ1) is 13.7. The third kappa shape index (κ3) is 4.79. The molecule has 150 valence electrons. The van der Waals surface area contributed by atoms with E-state index in [1.54, 1.807) is 32.0 Å². The third-order valence-electron chi connectivity index (χ3n) is 4.46. The largest absolute Gasteiger partial charge is 0.465 e. The highest BCUT2D eigenvalue weighted by Crippen LogP contribution is 2.21. The van der Waals surface area contributed by atoms with Crippen LogP contribution in [0.3, 0.4) is 0 Å². The van der Waals surface area contributed by atoms with Crippen molar-refractivity contribution in [1.82, 2.24) is 4.98 Å². The number of rotatable bonds is 6. The van der Waals surface area contributed by atoms with Crippen molar-refractivity contribution in [2.45, 2.75) is 33.8 Å². The highest BCUT2D eigenvalue weighted by molar-refractivity contribution is 6.05. The molecule has 0 saturated carbocycles. The van der Waals surface area contributed by atoms with Gasteiger partial charge in [0.2, 0.25) is 5.78 Å². The van der Waals surface area contributed by atoms with Crippen molar-refractivity contribution in [3.8, 4) is 6.07 Å². The number of esters is 2. The van der Waals surface area contributed by atoms with E-state index in [1.807, 2.05) is 19.1 Å². The van der Waals surface area contributed by atoms with Gasteiger partial charge in [-0.15, -0.1) is 0 Å². The Kier molecular flexibility index (Phi) is 6.73. The lowest BCUT2D eigenvalue weighted by Crippen LogP contribution is -2.26. The summed E-state index contributed by atoms with van der Waals surface area (Å²) in [5, 5.41) is 9.29. The summed E-state index contributed by atoms with van der Waals surface area (Å²) in [6, 6.07) is 9.06. The molecule has 7 heteroatoms. The first-order valence-electron chi connectivity index (χ1n) is 8.90. The average Bonchev–Trinajstić information content (AvgIpc) is 3.00. The zero-order valence-corrected chi connectivity index (χ0v) is 17.0. The van der Waals surface area contributed by atoms with Gasteiger partial charge in [-0.05, 0) is 44.9 Å². The van der Waals surface area contributed by atoms with Gasteiger partial charge >= 0.3 is 11.9 Å². The Morgan fingerprint density at radius 3 is 2.31 bits per heavy atom. The van der Waals surface area contributed by atoms with Crippen LogP contribution in [-0.4, -0.2) is 35.9 Å². The molecule has 0 aliphatic heterocycles. The fraction of sp³-hybridized carbons (Fsp3) is 0.273. The van der Waals surface area contributed by atoms with Crippen molar-refractivity contribution in [3.05, 3.63) is 63.5 Å². The number of Topliss-reactive ketones (excluding diaryl/α,β-unsaturated/α-hetero) is 1. The number of ketones is 1. The zero-order chi connectivity index (χ0) is 21.7. The van der Waals surface area contributed by atoms with Gasteiger partial charge in [0.25, 0.3) is 0 Å². The van der Waals surface area contributed by atoms with Crippen LogP contribution < -0.4 is 0 Å². The van der Waals surface area contributed by atoms with Gasteiger partial charge in [-0.2, -0.15) is 5.26 Å². The summed E-state index contributed by atoms with van der Waals surface area (Å²) >= 11 is 0. The van der Waals surface area contributed by atoms with Crippen LogP contribution in [0.2, 0.25) is 0 Å². The van der Waals surface area contributed by atoms with Crippen molar-refractivity contribution in [3.63, 3.8) is 0 Å². The topological polar surface area (TPSA) is 109 Å². The lowest BCUT2D eigenvalue weighted by molar-refractivity contribution is -0.141. The lowest BCUT2D eigenvalue weighted by Gasteiger charge is -2.12. The molecule has 2 rings (SSSR count). The summed E-state index contributed by atoms with van der Waals surface area (Å²) in [7, 11) is 1.25. The van der Waals surface area contributed by atoms with E-state index in [-0.39, 0.29) is 16.8 Å². The Morgan fingerprint density at radius 2 is 1.76 bits per heavy atom. The third-order valence-corrected chi connectivity index (χ3v) is 4.46. The van der Waals surface area contributed by atoms with Crippen molar-refractivity contribution in [2.24, 2.45) is 0 Å². The van der Waals surface area contributed by atoms with Crippen LogP contribution in [0.4, 0.5) is 0 Å². The quantitative estimate of drug-likeness (QED) is 0.348. The summed E-state index contributed by atoms with van der Waals surface area (Å²) in [4.78, 5) is 39.8. The number of ether oxygens (including phenoxy) is 2. The molecule has 1 N–H and O–H groups in total. The van der Waals surface area contributed by atoms with E-state index >= 15 is 0 Å². The van der Waals surface area contributed by atoms with Gasteiger partial charge < -0.3 is 14.5 Å². The van der Waals surface area contributed by atoms with Gasteiger partial charge in [-0.1, -0.05) is 29.8 Å². The normalized spacial score (nSPS) is 12.1. The van der Waals surface area contributed by atoms with E-state index in [1.165, 1.54) is 20.1 Å². The maximum Gasteiger partial charge on any atom is 0.349 e. The molecule has 0 unspecified atom stereocenters. The molecular weight excluding hydrogens is 372 g/mol. The molecule has 0 spiro atoms. The summed E-state index contributed by atoms with van der Waals surface area (Å²) < 4.78 is 9.92. The number of aromatic amines is 1. The van der Waals surface area contributed by atoms with Crippen LogP contribution in [0, 0.1) is 32.1 Å². The fourth-order valence-electron chi connectivity index (χ4n) is 2.85. The number of aromatic nitrogens is 1. The molecule has 1 aromatic carbocycles.